The second-order valence-corrected chi connectivity index (χ2v) is 14.7. The molecule has 0 aromatic heterocycles. The fraction of sp³-hybridized carbons (Fsp3) is 0.333. The summed E-state index contributed by atoms with van der Waals surface area (Å²) >= 11 is 0. The molecule has 3 aliphatic rings. The summed E-state index contributed by atoms with van der Waals surface area (Å²) in [7, 11) is -3.86. The van der Waals surface area contributed by atoms with Gasteiger partial charge in [-0.25, -0.2) is 13.2 Å². The van der Waals surface area contributed by atoms with Crippen LogP contribution in [0.1, 0.15) is 82.2 Å². The number of ether oxygens (including phenoxy) is 1. The highest BCUT2D eigenvalue weighted by atomic mass is 32.2. The molecule has 0 radical (unpaired) electrons. The minimum Gasteiger partial charge on any atom is -0.452 e. The van der Waals surface area contributed by atoms with Gasteiger partial charge < -0.3 is 10.1 Å². The van der Waals surface area contributed by atoms with Crippen LogP contribution in [0.5, 0.6) is 0 Å². The molecule has 2 fully saturated rings. The zero-order valence-electron chi connectivity index (χ0n) is 24.2. The first-order valence-corrected chi connectivity index (χ1v) is 15.6. The molecule has 2 atom stereocenters. The molecule has 1 saturated heterocycles. The lowest BCUT2D eigenvalue weighted by Crippen LogP contribution is -2.37. The Morgan fingerprint density at radius 2 is 1.58 bits per heavy atom. The van der Waals surface area contributed by atoms with Crippen molar-refractivity contribution in [2.45, 2.75) is 51.0 Å². The minimum atomic E-state index is -3.86. The number of anilines is 1. The zero-order chi connectivity index (χ0) is 30.7. The van der Waals surface area contributed by atoms with Crippen molar-refractivity contribution >= 4 is 39.2 Å². The molecule has 222 valence electrons. The highest BCUT2D eigenvalue weighted by Crippen LogP contribution is 2.53. The number of nitrogens with zero attached hydrogens (tertiary/aromatic N) is 1. The van der Waals surface area contributed by atoms with Crippen molar-refractivity contribution in [3.05, 3.63) is 94.5 Å². The number of benzene rings is 3. The molecule has 6 rings (SSSR count). The molecule has 1 saturated carbocycles. The van der Waals surface area contributed by atoms with E-state index in [2.05, 4.69) is 26.1 Å². The summed E-state index contributed by atoms with van der Waals surface area (Å²) in [6, 6.07) is 16.6. The Bertz CT molecular complexity index is 1810. The fourth-order valence-electron chi connectivity index (χ4n) is 7.26. The molecular weight excluding hydrogens is 568 g/mol. The lowest BCUT2D eigenvalue weighted by molar-refractivity contribution is -0.119. The topological polar surface area (TPSA) is 127 Å². The predicted octanol–water partition coefficient (Wildman–Crippen LogP) is 4.85. The summed E-state index contributed by atoms with van der Waals surface area (Å²) < 4.78 is 34.1. The number of amides is 1. The molecule has 43 heavy (non-hydrogen) atoms. The molecule has 3 aromatic rings. The highest BCUT2D eigenvalue weighted by Gasteiger charge is 2.53. The highest BCUT2D eigenvalue weighted by molar-refractivity contribution is 7.89. The zero-order valence-corrected chi connectivity index (χ0v) is 25.0. The quantitative estimate of drug-likeness (QED) is 0.314. The number of carbonyl (C=O) groups excluding carboxylic acids is 4. The van der Waals surface area contributed by atoms with Gasteiger partial charge in [0.05, 0.1) is 21.7 Å². The van der Waals surface area contributed by atoms with Crippen molar-refractivity contribution < 1.29 is 32.3 Å². The predicted molar refractivity (Wildman–Crippen MR) is 159 cm³/mol. The van der Waals surface area contributed by atoms with E-state index in [0.29, 0.717) is 12.1 Å². The van der Waals surface area contributed by atoms with Crippen molar-refractivity contribution in [1.29, 1.82) is 0 Å². The van der Waals surface area contributed by atoms with E-state index in [0.717, 1.165) is 19.3 Å². The third kappa shape index (κ3) is 5.19. The van der Waals surface area contributed by atoms with Gasteiger partial charge in [0.1, 0.15) is 0 Å². The van der Waals surface area contributed by atoms with Crippen LogP contribution < -0.4 is 5.32 Å². The Morgan fingerprint density at radius 1 is 0.907 bits per heavy atom. The van der Waals surface area contributed by atoms with Crippen LogP contribution in [-0.2, 0) is 19.6 Å². The third-order valence-corrected chi connectivity index (χ3v) is 10.5. The van der Waals surface area contributed by atoms with Crippen molar-refractivity contribution in [2.24, 2.45) is 10.8 Å². The van der Waals surface area contributed by atoms with Crippen LogP contribution in [0.2, 0.25) is 0 Å². The molecule has 3 aromatic carbocycles. The Kier molecular flexibility index (Phi) is 6.89. The van der Waals surface area contributed by atoms with Crippen molar-refractivity contribution in [3.63, 3.8) is 0 Å². The molecule has 0 unspecified atom stereocenters. The van der Waals surface area contributed by atoms with Gasteiger partial charge >= 0.3 is 5.97 Å². The van der Waals surface area contributed by atoms with Gasteiger partial charge in [-0.3, -0.25) is 14.4 Å². The first kappa shape index (κ1) is 28.9. The SMILES string of the molecule is CC1(C)C[C@@H]2C[C@@](C)(CN2S(=O)(=O)c2cccc(C(=O)OCC(=O)Nc3cccc4c3C(=O)c3ccccc3C4=O)c2)C1. The van der Waals surface area contributed by atoms with Gasteiger partial charge in [-0.2, -0.15) is 4.31 Å². The van der Waals surface area contributed by atoms with Crippen molar-refractivity contribution in [2.75, 3.05) is 18.5 Å². The first-order valence-electron chi connectivity index (χ1n) is 14.2. The number of sulfonamides is 1. The van der Waals surface area contributed by atoms with E-state index in [-0.39, 0.29) is 55.5 Å². The number of esters is 1. The van der Waals surface area contributed by atoms with Gasteiger partial charge in [-0.05, 0) is 54.4 Å². The number of rotatable bonds is 6. The van der Waals surface area contributed by atoms with Crippen molar-refractivity contribution in [3.8, 4) is 0 Å². The van der Waals surface area contributed by atoms with Crippen LogP contribution in [-0.4, -0.2) is 55.4 Å². The Morgan fingerprint density at radius 3 is 2.33 bits per heavy atom. The van der Waals surface area contributed by atoms with E-state index in [1.165, 1.54) is 36.4 Å². The fourth-order valence-corrected chi connectivity index (χ4v) is 9.08. The number of carbonyl (C=O) groups is 4. The normalized spacial score (nSPS) is 22.4. The second kappa shape index (κ2) is 10.2. The van der Waals surface area contributed by atoms with E-state index < -0.39 is 34.3 Å². The van der Waals surface area contributed by atoms with Gasteiger partial charge in [-0.15, -0.1) is 0 Å². The third-order valence-electron chi connectivity index (χ3n) is 8.60. The van der Waals surface area contributed by atoms with E-state index in [1.54, 1.807) is 34.6 Å². The molecule has 1 heterocycles. The first-order chi connectivity index (χ1) is 20.3. The lowest BCUT2D eigenvalue weighted by atomic mass is 9.65. The molecule has 1 aliphatic heterocycles. The average Bonchev–Trinajstić information content (AvgIpc) is 3.23. The summed E-state index contributed by atoms with van der Waals surface area (Å²) in [5.74, 6) is -2.30. The summed E-state index contributed by atoms with van der Waals surface area (Å²) in [6.45, 7) is 6.22. The second-order valence-electron chi connectivity index (χ2n) is 12.8. The number of hydrogen-bond acceptors (Lipinski definition) is 7. The summed E-state index contributed by atoms with van der Waals surface area (Å²) in [5.41, 5.74) is 0.877. The lowest BCUT2D eigenvalue weighted by Gasteiger charge is -2.39. The van der Waals surface area contributed by atoms with Gasteiger partial charge in [0.2, 0.25) is 10.0 Å². The number of nitrogens with one attached hydrogen (secondary N) is 1. The Hall–Kier alpha value is -4.15. The van der Waals surface area contributed by atoms with Gasteiger partial charge in [-0.1, -0.05) is 63.2 Å². The smallest absolute Gasteiger partial charge is 0.338 e. The molecule has 1 amide bonds. The largest absolute Gasteiger partial charge is 0.452 e. The van der Waals surface area contributed by atoms with Crippen LogP contribution in [0.4, 0.5) is 5.69 Å². The standard InChI is InChI=1S/C33H32N2O7S/c1-32(2)15-21-16-33(3,18-32)19-35(21)43(40,41)22-9-6-8-20(14-22)31(39)42-17-27(36)34-26-13-7-12-25-28(26)30(38)24-11-5-4-10-23(24)29(25)37/h4-14,21H,15-19H2,1-3H3,(H,34,36)/t21-,33-/m1/s1. The van der Waals surface area contributed by atoms with Crippen LogP contribution >= 0.6 is 0 Å². The van der Waals surface area contributed by atoms with Gasteiger partial charge in [0.25, 0.3) is 5.91 Å². The van der Waals surface area contributed by atoms with Crippen LogP contribution in [0, 0.1) is 10.8 Å². The molecule has 9 nitrogen and oxygen atoms in total. The summed E-state index contributed by atoms with van der Waals surface area (Å²) in [6.07, 6.45) is 2.53. The maximum Gasteiger partial charge on any atom is 0.338 e. The van der Waals surface area contributed by atoms with Crippen LogP contribution in [0.3, 0.4) is 0 Å². The number of fused-ring (bicyclic) bond motifs is 4. The molecule has 10 heteroatoms. The Labute approximate surface area is 250 Å². The average molecular weight is 601 g/mol. The Balaban J connectivity index is 1.14. The monoisotopic (exact) mass is 600 g/mol. The summed E-state index contributed by atoms with van der Waals surface area (Å²) in [4.78, 5) is 51.8. The van der Waals surface area contributed by atoms with E-state index in [4.69, 9.17) is 4.74 Å². The molecule has 0 spiro atoms. The van der Waals surface area contributed by atoms with Gasteiger partial charge in [0.15, 0.2) is 18.2 Å². The number of hydrogen-bond donors (Lipinski definition) is 1. The molecule has 2 aliphatic carbocycles. The van der Waals surface area contributed by atoms with Crippen LogP contribution in [0.25, 0.3) is 0 Å². The molecule has 1 N–H and O–H groups in total. The van der Waals surface area contributed by atoms with E-state index >= 15 is 0 Å². The van der Waals surface area contributed by atoms with Gasteiger partial charge in [0, 0.05) is 29.3 Å². The maximum absolute atomic E-state index is 13.7. The minimum absolute atomic E-state index is 0.000248. The van der Waals surface area contributed by atoms with E-state index in [9.17, 15) is 27.6 Å². The maximum atomic E-state index is 13.7. The summed E-state index contributed by atoms with van der Waals surface area (Å²) in [5, 5.41) is 2.57. The van der Waals surface area contributed by atoms with Crippen molar-refractivity contribution in [1.82, 2.24) is 4.31 Å². The molecular formula is C33H32N2O7S. The number of ketones is 2. The van der Waals surface area contributed by atoms with Crippen LogP contribution in [0.15, 0.2) is 71.6 Å². The molecule has 2 bridgehead atoms. The van der Waals surface area contributed by atoms with E-state index in [1.807, 2.05) is 0 Å².